The summed E-state index contributed by atoms with van der Waals surface area (Å²) in [5.74, 6) is -3.95. The Bertz CT molecular complexity index is 1910. The average molecular weight is 669 g/mol. The van der Waals surface area contributed by atoms with Crippen LogP contribution in [-0.2, 0) is 23.2 Å². The number of halogens is 6. The van der Waals surface area contributed by atoms with Gasteiger partial charge in [0.2, 0.25) is 5.52 Å². The highest BCUT2D eigenvalue weighted by atomic mass is 19.4. The molecule has 0 saturated heterocycles. The molecule has 10 nitrogen and oxygen atoms in total. The monoisotopic (exact) mass is 668 g/mol. The number of aliphatic hydroxyl groups excluding tert-OH is 1. The first kappa shape index (κ1) is 36.1. The number of pyridine rings is 2. The first-order valence-corrected chi connectivity index (χ1v) is 13.1. The number of hydrogen-bond donors (Lipinski definition) is 1. The molecule has 0 aliphatic heterocycles. The Morgan fingerprint density at radius 3 is 1.83 bits per heavy atom. The summed E-state index contributed by atoms with van der Waals surface area (Å²) in [5.41, 5.74) is 3.81. The molecule has 0 fully saturated rings. The van der Waals surface area contributed by atoms with E-state index in [0.29, 0.717) is 17.2 Å². The molecule has 0 aliphatic rings. The molecule has 0 atom stereocenters. The van der Waals surface area contributed by atoms with Crippen molar-refractivity contribution in [2.24, 2.45) is 7.05 Å². The number of aliphatic hydroxyl groups is 1. The third-order valence-corrected chi connectivity index (χ3v) is 6.71. The normalized spacial score (nSPS) is 11.3. The van der Waals surface area contributed by atoms with E-state index in [9.17, 15) is 31.4 Å². The number of fused-ring (bicyclic) bond motifs is 5. The summed E-state index contributed by atoms with van der Waals surface area (Å²) in [6.07, 6.45) is -4.49. The molecule has 0 saturated carbocycles. The van der Waals surface area contributed by atoms with Gasteiger partial charge in [-0.2, -0.15) is 30.9 Å². The molecule has 2 heterocycles. The van der Waals surface area contributed by atoms with E-state index in [1.165, 1.54) is 0 Å². The number of benzene rings is 3. The maximum Gasteiger partial charge on any atom is 0.430 e. The van der Waals surface area contributed by atoms with E-state index in [1.807, 2.05) is 43.7 Å². The van der Waals surface area contributed by atoms with Crippen LogP contribution in [0.25, 0.3) is 43.6 Å². The second-order valence-electron chi connectivity index (χ2n) is 9.52. The molecule has 2 aromatic heterocycles. The molecule has 3 aromatic carbocycles. The summed E-state index contributed by atoms with van der Waals surface area (Å²) >= 11 is 0. The number of carboxylic acid groups (broad SMARTS) is 2. The minimum Gasteiger partial charge on any atom is -0.542 e. The van der Waals surface area contributed by atoms with Crippen molar-refractivity contribution in [3.63, 3.8) is 0 Å². The van der Waals surface area contributed by atoms with Crippen LogP contribution in [0, 0.1) is 0 Å². The molecule has 0 amide bonds. The Morgan fingerprint density at radius 1 is 0.809 bits per heavy atom. The molecule has 0 bridgehead atoms. The van der Waals surface area contributed by atoms with Gasteiger partial charge in [-0.05, 0) is 18.2 Å². The maximum atomic E-state index is 10.5. The number of carbonyl (C=O) groups excluding carboxylic acids is 2. The number of H-pyrrole nitrogens is 1. The number of nitrogens with one attached hydrogen (secondary N) is 1. The van der Waals surface area contributed by atoms with Crippen LogP contribution in [0.5, 0.6) is 17.2 Å². The van der Waals surface area contributed by atoms with Crippen molar-refractivity contribution in [1.29, 1.82) is 0 Å². The van der Waals surface area contributed by atoms with E-state index in [4.69, 9.17) is 34.0 Å². The number of hydrogen-bond acceptors (Lipinski definition) is 8. The van der Waals surface area contributed by atoms with Crippen LogP contribution in [0.1, 0.15) is 5.56 Å². The van der Waals surface area contributed by atoms with E-state index in [1.54, 1.807) is 21.3 Å². The highest BCUT2D eigenvalue weighted by Gasteiger charge is 2.29. The van der Waals surface area contributed by atoms with Crippen molar-refractivity contribution >= 4 is 44.4 Å². The second kappa shape index (κ2) is 14.4. The number of carboxylic acids is 2. The van der Waals surface area contributed by atoms with Crippen molar-refractivity contribution in [2.45, 2.75) is 19.0 Å². The lowest BCUT2D eigenvalue weighted by Gasteiger charge is -2.16. The summed E-state index contributed by atoms with van der Waals surface area (Å²) in [4.78, 5) is 20.7. The fourth-order valence-corrected chi connectivity index (χ4v) is 4.83. The van der Waals surface area contributed by atoms with Crippen LogP contribution in [0.2, 0.25) is 0 Å². The van der Waals surface area contributed by atoms with Gasteiger partial charge in [0.15, 0.2) is 30.1 Å². The van der Waals surface area contributed by atoms with Gasteiger partial charge in [0.05, 0.1) is 49.7 Å². The van der Waals surface area contributed by atoms with Crippen molar-refractivity contribution < 1.29 is 75.0 Å². The maximum absolute atomic E-state index is 10.5. The molecule has 47 heavy (non-hydrogen) atoms. The first-order valence-electron chi connectivity index (χ1n) is 13.1. The Balaban J connectivity index is 0.000000360. The van der Waals surface area contributed by atoms with Crippen LogP contribution in [0.15, 0.2) is 61.1 Å². The number of nitrogens with zero attached hydrogens (tertiary/aromatic N) is 1. The summed E-state index contributed by atoms with van der Waals surface area (Å²) in [7, 11) is 6.99. The zero-order chi connectivity index (χ0) is 35.3. The predicted octanol–water partition coefficient (Wildman–Crippen LogP) is 2.57. The quantitative estimate of drug-likeness (QED) is 0.171. The van der Waals surface area contributed by atoms with E-state index in [0.717, 1.165) is 49.1 Å². The van der Waals surface area contributed by atoms with Crippen LogP contribution in [0.3, 0.4) is 0 Å². The number of alkyl halides is 6. The fourth-order valence-electron chi connectivity index (χ4n) is 4.83. The van der Waals surface area contributed by atoms with Crippen molar-refractivity contribution in [3.05, 3.63) is 66.6 Å². The number of aromatic amines is 1. The molecule has 0 aliphatic carbocycles. The zero-order valence-corrected chi connectivity index (χ0v) is 25.0. The Hall–Kier alpha value is -5.38. The van der Waals surface area contributed by atoms with Gasteiger partial charge >= 0.3 is 12.4 Å². The molecule has 250 valence electrons. The molecule has 0 unspecified atom stereocenters. The van der Waals surface area contributed by atoms with E-state index in [2.05, 4.69) is 33.9 Å². The number of aliphatic carboxylic acids is 2. The van der Waals surface area contributed by atoms with Gasteiger partial charge in [0.1, 0.15) is 24.7 Å². The summed E-state index contributed by atoms with van der Waals surface area (Å²) in [6.45, 7) is -0.0764. The molecule has 0 spiro atoms. The van der Waals surface area contributed by atoms with Crippen molar-refractivity contribution in [3.8, 4) is 28.4 Å². The number of aryl methyl sites for hydroxylation is 1. The zero-order valence-electron chi connectivity index (χ0n) is 25.0. The van der Waals surface area contributed by atoms with E-state index in [-0.39, 0.29) is 6.61 Å². The van der Waals surface area contributed by atoms with Crippen LogP contribution in [0.4, 0.5) is 26.3 Å². The molecule has 16 heteroatoms. The molecule has 5 rings (SSSR count). The topological polar surface area (TPSA) is 146 Å². The van der Waals surface area contributed by atoms with Crippen LogP contribution in [-0.4, -0.2) is 50.7 Å². The van der Waals surface area contributed by atoms with Gasteiger partial charge in [-0.1, -0.05) is 18.2 Å². The van der Waals surface area contributed by atoms with Gasteiger partial charge in [-0.3, -0.25) is 0 Å². The number of aromatic nitrogens is 2. The van der Waals surface area contributed by atoms with E-state index < -0.39 is 24.3 Å². The minimum atomic E-state index is -5.19. The lowest BCUT2D eigenvalue weighted by atomic mass is 9.93. The molecule has 0 radical (unpaired) electrons. The lowest BCUT2D eigenvalue weighted by Crippen LogP contribution is -2.37. The van der Waals surface area contributed by atoms with Gasteiger partial charge in [-0.25, -0.2) is 4.98 Å². The highest BCUT2D eigenvalue weighted by Crippen LogP contribution is 2.45. The summed E-state index contributed by atoms with van der Waals surface area (Å²) in [6, 6.07) is 14.3. The molecule has 5 aromatic rings. The van der Waals surface area contributed by atoms with Crippen LogP contribution >= 0.6 is 0 Å². The third-order valence-electron chi connectivity index (χ3n) is 6.71. The van der Waals surface area contributed by atoms with Crippen molar-refractivity contribution in [2.75, 3.05) is 21.3 Å². The largest absolute Gasteiger partial charge is 0.542 e. The van der Waals surface area contributed by atoms with Gasteiger partial charge < -0.3 is 39.1 Å². The van der Waals surface area contributed by atoms with Gasteiger partial charge in [-0.15, -0.1) is 0 Å². The standard InChI is InChI=1S/C27H25N2O4.2C2HF3O2/c1-29-14-22-18(8-7-17(15-30)26(22)32-3)20-10-9-19-21(25(20)29)12-23(31-2)27(33-4)24(19)16-6-5-11-28-13-16;2*3-2(4,5)1(6)7/h5-14,30H,15H2,1-4H3;2*(H,6,7)/q+1;;/p-1. The third kappa shape index (κ3) is 7.71. The first-order chi connectivity index (χ1) is 22.0. The van der Waals surface area contributed by atoms with Crippen molar-refractivity contribution in [1.82, 2.24) is 0 Å². The van der Waals surface area contributed by atoms with E-state index >= 15 is 0 Å². The fraction of sp³-hybridized carbons (Fsp3) is 0.226. The Kier molecular flexibility index (Phi) is 11.0. The SMILES string of the molecule is COc1cc2c(ccc3c4ccc(CO)c(OC)c4c[n+](C)c23)c(-c2ccc[nH+]c2)c1OC.O=C([O-])C(F)(F)F.O=C([O-])C(F)(F)F. The number of rotatable bonds is 5. The number of ether oxygens (including phenoxy) is 3. The number of methoxy groups -OCH3 is 3. The number of carbonyl (C=O) groups is 2. The predicted molar refractivity (Wildman–Crippen MR) is 150 cm³/mol. The summed E-state index contributed by atoms with van der Waals surface area (Å²) in [5, 5.41) is 32.6. The average Bonchev–Trinajstić information content (AvgIpc) is 3.02. The molecular weight excluding hydrogens is 642 g/mol. The highest BCUT2D eigenvalue weighted by molar-refractivity contribution is 6.18. The molecule has 2 N–H and O–H groups in total. The molecular formula is C31H26F6N2O8. The summed E-state index contributed by atoms with van der Waals surface area (Å²) < 4.78 is 82.4. The lowest BCUT2D eigenvalue weighted by molar-refractivity contribution is -0.642. The van der Waals surface area contributed by atoms with Crippen LogP contribution < -0.4 is 34.0 Å². The Labute approximate surface area is 262 Å². The second-order valence-corrected chi connectivity index (χ2v) is 9.52. The van der Waals surface area contributed by atoms with Gasteiger partial charge in [0, 0.05) is 28.0 Å². The smallest absolute Gasteiger partial charge is 0.430 e. The minimum absolute atomic E-state index is 0.0764. The van der Waals surface area contributed by atoms with Gasteiger partial charge in [0.25, 0.3) is 0 Å². The Morgan fingerprint density at radius 2 is 1.36 bits per heavy atom.